The second-order valence-electron chi connectivity index (χ2n) is 3.86. The van der Waals surface area contributed by atoms with E-state index in [1.54, 1.807) is 21.0 Å². The van der Waals surface area contributed by atoms with Gasteiger partial charge in [-0.3, -0.25) is 4.79 Å². The van der Waals surface area contributed by atoms with Gasteiger partial charge < -0.3 is 20.7 Å². The molecule has 0 bridgehead atoms. The number of nitrogen functional groups attached to an aromatic ring is 1. The SMILES string of the molecule is COC(=O)c1c(N)nsc1NC(C)C(=O)N(C)C. The van der Waals surface area contributed by atoms with E-state index in [0.717, 1.165) is 11.5 Å². The number of anilines is 2. The second-order valence-corrected chi connectivity index (χ2v) is 4.64. The first-order valence-electron chi connectivity index (χ1n) is 5.19. The third-order valence-corrected chi connectivity index (χ3v) is 3.06. The summed E-state index contributed by atoms with van der Waals surface area (Å²) in [6, 6.07) is -0.483. The van der Waals surface area contributed by atoms with E-state index >= 15 is 0 Å². The predicted molar refractivity (Wildman–Crippen MR) is 69.6 cm³/mol. The quantitative estimate of drug-likeness (QED) is 0.770. The lowest BCUT2D eigenvalue weighted by Crippen LogP contribution is -2.36. The summed E-state index contributed by atoms with van der Waals surface area (Å²) in [5.74, 6) is -0.593. The molecule has 1 amide bonds. The Labute approximate surface area is 109 Å². The lowest BCUT2D eigenvalue weighted by atomic mass is 10.2. The van der Waals surface area contributed by atoms with E-state index < -0.39 is 12.0 Å². The van der Waals surface area contributed by atoms with Crippen LogP contribution in [0.5, 0.6) is 0 Å². The third kappa shape index (κ3) is 2.89. The highest BCUT2D eigenvalue weighted by Gasteiger charge is 2.23. The van der Waals surface area contributed by atoms with Crippen LogP contribution in [0, 0.1) is 0 Å². The molecule has 0 aromatic carbocycles. The molecule has 0 aliphatic rings. The number of nitrogens with zero attached hydrogens (tertiary/aromatic N) is 2. The van der Waals surface area contributed by atoms with Crippen LogP contribution in [-0.2, 0) is 9.53 Å². The van der Waals surface area contributed by atoms with Crippen LogP contribution < -0.4 is 11.1 Å². The lowest BCUT2D eigenvalue weighted by Gasteiger charge is -2.18. The Morgan fingerprint density at radius 3 is 2.61 bits per heavy atom. The molecule has 1 atom stereocenters. The summed E-state index contributed by atoms with van der Waals surface area (Å²) >= 11 is 1.02. The molecular formula is C10H16N4O3S. The number of nitrogens with one attached hydrogen (secondary N) is 1. The van der Waals surface area contributed by atoms with Gasteiger partial charge in [0.15, 0.2) is 5.82 Å². The first-order chi connectivity index (χ1) is 8.38. The molecule has 0 saturated carbocycles. The molecule has 0 saturated heterocycles. The summed E-state index contributed by atoms with van der Waals surface area (Å²) in [6.07, 6.45) is 0. The molecule has 0 aliphatic heterocycles. The van der Waals surface area contributed by atoms with E-state index in [-0.39, 0.29) is 17.3 Å². The van der Waals surface area contributed by atoms with Crippen molar-refractivity contribution < 1.29 is 14.3 Å². The van der Waals surface area contributed by atoms with Crippen LogP contribution in [0.4, 0.5) is 10.8 Å². The first kappa shape index (κ1) is 14.2. The topological polar surface area (TPSA) is 97.5 Å². The fourth-order valence-electron chi connectivity index (χ4n) is 1.35. The normalized spacial score (nSPS) is 11.8. The van der Waals surface area contributed by atoms with E-state index in [9.17, 15) is 9.59 Å². The number of rotatable bonds is 4. The molecule has 1 rings (SSSR count). The highest BCUT2D eigenvalue weighted by atomic mass is 32.1. The van der Waals surface area contributed by atoms with Crippen molar-refractivity contribution in [2.75, 3.05) is 32.3 Å². The number of methoxy groups -OCH3 is 1. The van der Waals surface area contributed by atoms with Gasteiger partial charge in [0.2, 0.25) is 5.91 Å². The minimum atomic E-state index is -0.576. The van der Waals surface area contributed by atoms with Crippen molar-refractivity contribution in [3.8, 4) is 0 Å². The zero-order valence-corrected chi connectivity index (χ0v) is 11.5. The first-order valence-corrected chi connectivity index (χ1v) is 5.97. The van der Waals surface area contributed by atoms with Gasteiger partial charge in [0.25, 0.3) is 0 Å². The summed E-state index contributed by atoms with van der Waals surface area (Å²) in [5.41, 5.74) is 5.76. The van der Waals surface area contributed by atoms with Crippen molar-refractivity contribution in [2.24, 2.45) is 0 Å². The summed E-state index contributed by atoms with van der Waals surface area (Å²) in [5, 5.41) is 3.34. The molecule has 0 fully saturated rings. The monoisotopic (exact) mass is 272 g/mol. The largest absolute Gasteiger partial charge is 0.465 e. The number of likely N-dealkylation sites (N-methyl/N-ethyl adjacent to an activating group) is 1. The van der Waals surface area contributed by atoms with E-state index in [1.807, 2.05) is 0 Å². The molecule has 3 N–H and O–H groups in total. The highest BCUT2D eigenvalue weighted by molar-refractivity contribution is 7.11. The molecule has 1 aromatic heterocycles. The lowest BCUT2D eigenvalue weighted by molar-refractivity contribution is -0.129. The molecule has 100 valence electrons. The van der Waals surface area contributed by atoms with E-state index in [4.69, 9.17) is 5.73 Å². The number of esters is 1. The Morgan fingerprint density at radius 2 is 2.11 bits per heavy atom. The van der Waals surface area contributed by atoms with Crippen molar-refractivity contribution in [1.82, 2.24) is 9.27 Å². The minimum absolute atomic E-state index is 0.0962. The molecule has 1 aromatic rings. The highest BCUT2D eigenvalue weighted by Crippen LogP contribution is 2.28. The zero-order chi connectivity index (χ0) is 13.9. The number of hydrogen-bond acceptors (Lipinski definition) is 7. The van der Waals surface area contributed by atoms with Gasteiger partial charge in [0, 0.05) is 14.1 Å². The van der Waals surface area contributed by atoms with Gasteiger partial charge in [-0.2, -0.15) is 4.37 Å². The van der Waals surface area contributed by atoms with Crippen LogP contribution in [0.1, 0.15) is 17.3 Å². The van der Waals surface area contributed by atoms with Crippen LogP contribution in [0.15, 0.2) is 0 Å². The summed E-state index contributed by atoms with van der Waals surface area (Å²) < 4.78 is 8.49. The van der Waals surface area contributed by atoms with Gasteiger partial charge in [-0.25, -0.2) is 4.79 Å². The van der Waals surface area contributed by atoms with Gasteiger partial charge in [-0.1, -0.05) is 0 Å². The van der Waals surface area contributed by atoms with Gasteiger partial charge in [0.05, 0.1) is 7.11 Å². The average Bonchev–Trinajstić information content (AvgIpc) is 2.68. The van der Waals surface area contributed by atoms with E-state index in [0.29, 0.717) is 5.00 Å². The molecule has 18 heavy (non-hydrogen) atoms. The minimum Gasteiger partial charge on any atom is -0.465 e. The maximum Gasteiger partial charge on any atom is 0.344 e. The fourth-order valence-corrected chi connectivity index (χ4v) is 2.14. The molecule has 0 radical (unpaired) electrons. The van der Waals surface area contributed by atoms with Gasteiger partial charge >= 0.3 is 5.97 Å². The van der Waals surface area contributed by atoms with E-state index in [2.05, 4.69) is 14.4 Å². The van der Waals surface area contributed by atoms with Crippen molar-refractivity contribution in [3.63, 3.8) is 0 Å². The van der Waals surface area contributed by atoms with Crippen LogP contribution in [0.25, 0.3) is 0 Å². The summed E-state index contributed by atoms with van der Waals surface area (Å²) in [7, 11) is 4.57. The second kappa shape index (κ2) is 5.67. The fraction of sp³-hybridized carbons (Fsp3) is 0.500. The number of carbonyl (C=O) groups is 2. The zero-order valence-electron chi connectivity index (χ0n) is 10.7. The van der Waals surface area contributed by atoms with Crippen LogP contribution in [0.2, 0.25) is 0 Å². The van der Waals surface area contributed by atoms with Crippen molar-refractivity contribution >= 4 is 34.2 Å². The average molecular weight is 272 g/mol. The number of amides is 1. The van der Waals surface area contributed by atoms with Crippen LogP contribution in [0.3, 0.4) is 0 Å². The Hall–Kier alpha value is -1.83. The smallest absolute Gasteiger partial charge is 0.344 e. The van der Waals surface area contributed by atoms with E-state index in [1.165, 1.54) is 12.0 Å². The molecule has 1 heterocycles. The maximum absolute atomic E-state index is 11.7. The Kier molecular flexibility index (Phi) is 4.49. The molecule has 0 spiro atoms. The Balaban J connectivity index is 2.92. The van der Waals surface area contributed by atoms with Gasteiger partial charge in [-0.15, -0.1) is 0 Å². The van der Waals surface area contributed by atoms with Crippen LogP contribution >= 0.6 is 11.5 Å². The van der Waals surface area contributed by atoms with Crippen molar-refractivity contribution in [3.05, 3.63) is 5.56 Å². The van der Waals surface area contributed by atoms with Crippen molar-refractivity contribution in [1.29, 1.82) is 0 Å². The summed E-state index contributed by atoms with van der Waals surface area (Å²) in [4.78, 5) is 24.7. The number of nitrogens with two attached hydrogens (primary N) is 1. The number of carbonyl (C=O) groups excluding carboxylic acids is 2. The predicted octanol–water partition coefficient (Wildman–Crippen LogP) is 0.400. The number of hydrogen-bond donors (Lipinski definition) is 2. The van der Waals surface area contributed by atoms with Gasteiger partial charge in [0.1, 0.15) is 16.6 Å². The molecule has 7 nitrogen and oxygen atoms in total. The van der Waals surface area contributed by atoms with Gasteiger partial charge in [-0.05, 0) is 18.5 Å². The molecule has 0 aliphatic carbocycles. The molecule has 1 unspecified atom stereocenters. The third-order valence-electron chi connectivity index (χ3n) is 2.27. The molecule has 8 heteroatoms. The van der Waals surface area contributed by atoms with Crippen LogP contribution in [-0.4, -0.2) is 48.4 Å². The standard InChI is InChI=1S/C10H16N4O3S/c1-5(9(15)14(2)3)12-8-6(10(16)17-4)7(11)13-18-8/h5,12H,1-4H3,(H2,11,13). The molecular weight excluding hydrogens is 256 g/mol. The Morgan fingerprint density at radius 1 is 1.50 bits per heavy atom. The number of ether oxygens (including phenoxy) is 1. The number of aromatic nitrogens is 1. The summed E-state index contributed by atoms with van der Waals surface area (Å²) in [6.45, 7) is 1.69. The Bertz CT molecular complexity index is 458. The van der Waals surface area contributed by atoms with Crippen molar-refractivity contribution in [2.45, 2.75) is 13.0 Å². The maximum atomic E-state index is 11.7.